The Morgan fingerprint density at radius 1 is 0.426 bits per heavy atom. The maximum atomic E-state index is 2.41. The lowest BCUT2D eigenvalue weighted by Gasteiger charge is -2.26. The third-order valence-electron chi connectivity index (χ3n) is 11.3. The van der Waals surface area contributed by atoms with E-state index < -0.39 is 0 Å². The zero-order chi connectivity index (χ0) is 35.6. The fourth-order valence-corrected chi connectivity index (χ4v) is 9.82. The van der Waals surface area contributed by atoms with E-state index in [-0.39, 0.29) is 0 Å². The molecule has 1 nitrogen and oxygen atoms in total. The third kappa shape index (κ3) is 5.14. The van der Waals surface area contributed by atoms with Gasteiger partial charge in [0, 0.05) is 42.6 Å². The Bertz CT molecular complexity index is 3100. The molecule has 0 unspecified atom stereocenters. The van der Waals surface area contributed by atoms with Gasteiger partial charge in [-0.3, -0.25) is 0 Å². The van der Waals surface area contributed by atoms with Crippen LogP contribution in [0.1, 0.15) is 17.5 Å². The number of thiophene rings is 1. The molecular formula is C52H35NS. The predicted molar refractivity (Wildman–Crippen MR) is 235 cm³/mol. The van der Waals surface area contributed by atoms with Crippen molar-refractivity contribution in [1.82, 2.24) is 0 Å². The van der Waals surface area contributed by atoms with Gasteiger partial charge in [-0.15, -0.1) is 11.3 Å². The first-order chi connectivity index (χ1) is 26.7. The molecule has 1 aliphatic carbocycles. The molecule has 11 rings (SSSR count). The van der Waals surface area contributed by atoms with Crippen LogP contribution < -0.4 is 4.90 Å². The van der Waals surface area contributed by atoms with Crippen LogP contribution in [0, 0.1) is 0 Å². The molecule has 0 fully saturated rings. The summed E-state index contributed by atoms with van der Waals surface area (Å²) in [5, 5.41) is 10.5. The first-order valence-corrected chi connectivity index (χ1v) is 19.6. The van der Waals surface area contributed by atoms with Crippen LogP contribution >= 0.6 is 11.3 Å². The van der Waals surface area contributed by atoms with Crippen molar-refractivity contribution in [2.75, 3.05) is 4.90 Å². The molecule has 0 spiro atoms. The van der Waals surface area contributed by atoms with Crippen LogP contribution in [0.4, 0.5) is 17.1 Å². The van der Waals surface area contributed by atoms with Crippen molar-refractivity contribution in [3.63, 3.8) is 0 Å². The highest BCUT2D eigenvalue weighted by Crippen LogP contribution is 2.43. The van der Waals surface area contributed by atoms with E-state index in [9.17, 15) is 0 Å². The largest absolute Gasteiger partial charge is 0.310 e. The topological polar surface area (TPSA) is 3.24 Å². The molecule has 254 valence electrons. The molecule has 0 radical (unpaired) electrons. The average molecular weight is 706 g/mol. The Kier molecular flexibility index (Phi) is 7.24. The molecular weight excluding hydrogens is 671 g/mol. The molecule has 2 heteroatoms. The summed E-state index contributed by atoms with van der Waals surface area (Å²) in [5.41, 5.74) is 11.1. The fraction of sp³-hybridized carbons (Fsp3) is 0.0385. The molecule has 0 atom stereocenters. The van der Waals surface area contributed by atoms with Gasteiger partial charge < -0.3 is 4.90 Å². The highest BCUT2D eigenvalue weighted by atomic mass is 32.1. The minimum Gasteiger partial charge on any atom is -0.310 e. The molecule has 0 N–H and O–H groups in total. The van der Waals surface area contributed by atoms with E-state index in [1.165, 1.54) is 85.9 Å². The number of allylic oxidation sites excluding steroid dienone is 1. The van der Waals surface area contributed by atoms with Crippen LogP contribution in [0.5, 0.6) is 0 Å². The van der Waals surface area contributed by atoms with E-state index in [0.717, 1.165) is 29.9 Å². The van der Waals surface area contributed by atoms with Crippen LogP contribution in [0.15, 0.2) is 182 Å². The number of benzene rings is 9. The maximum absolute atomic E-state index is 2.41. The normalized spacial score (nSPS) is 12.6. The second-order valence-corrected chi connectivity index (χ2v) is 15.5. The smallest absolute Gasteiger partial charge is 0.0468 e. The first-order valence-electron chi connectivity index (χ1n) is 18.8. The lowest BCUT2D eigenvalue weighted by molar-refractivity contribution is 0.990. The molecule has 9 aromatic carbocycles. The SMILES string of the molecule is C1=Cc2c(ccc3ccc4cc(-c5ccc(N(c6cccc(-c7ccccc7)c6)c6ccc7ccc8c9ccccc9sc8c7c6)cc5)ccc4c23)CC1. The van der Waals surface area contributed by atoms with E-state index in [0.29, 0.717) is 0 Å². The summed E-state index contributed by atoms with van der Waals surface area (Å²) in [7, 11) is 0. The van der Waals surface area contributed by atoms with Gasteiger partial charge in [-0.25, -0.2) is 0 Å². The first kappa shape index (κ1) is 31.1. The number of nitrogens with zero attached hydrogens (tertiary/aromatic N) is 1. The summed E-state index contributed by atoms with van der Waals surface area (Å²) in [4.78, 5) is 2.41. The lowest BCUT2D eigenvalue weighted by atomic mass is 9.89. The quantitative estimate of drug-likeness (QED) is 0.161. The van der Waals surface area contributed by atoms with Gasteiger partial charge >= 0.3 is 0 Å². The Balaban J connectivity index is 1.04. The van der Waals surface area contributed by atoms with E-state index >= 15 is 0 Å². The summed E-state index contributed by atoms with van der Waals surface area (Å²) in [6.45, 7) is 0. The Morgan fingerprint density at radius 2 is 1.11 bits per heavy atom. The molecule has 0 saturated carbocycles. The Labute approximate surface area is 318 Å². The van der Waals surface area contributed by atoms with Crippen molar-refractivity contribution < 1.29 is 0 Å². The van der Waals surface area contributed by atoms with Gasteiger partial charge in [-0.05, 0) is 122 Å². The summed E-state index contributed by atoms with van der Waals surface area (Å²) >= 11 is 1.89. The molecule has 54 heavy (non-hydrogen) atoms. The fourth-order valence-electron chi connectivity index (χ4n) is 8.59. The minimum absolute atomic E-state index is 1.12. The summed E-state index contributed by atoms with van der Waals surface area (Å²) < 4.78 is 2.66. The summed E-state index contributed by atoms with van der Waals surface area (Å²) in [5.74, 6) is 0. The van der Waals surface area contributed by atoms with Crippen LogP contribution in [0.3, 0.4) is 0 Å². The number of anilines is 3. The van der Waals surface area contributed by atoms with Gasteiger partial charge in [0.2, 0.25) is 0 Å². The Morgan fingerprint density at radius 3 is 2.04 bits per heavy atom. The summed E-state index contributed by atoms with van der Waals surface area (Å²) in [6.07, 6.45) is 6.89. The van der Waals surface area contributed by atoms with Crippen LogP contribution in [0.2, 0.25) is 0 Å². The number of fused-ring (bicyclic) bond motifs is 10. The number of hydrogen-bond acceptors (Lipinski definition) is 2. The van der Waals surface area contributed by atoms with E-state index in [1.54, 1.807) is 0 Å². The molecule has 0 amide bonds. The standard InChI is InChI=1S/C52H35NS/c1-2-9-34(10-3-1)39-12-8-13-43(32-39)53(44-28-23-37-24-30-48-47-15-6-7-16-50(47)54-52(48)49(37)33-44)42-26-21-35(22-27-42)40-25-29-46-41(31-40)20-19-38-18-17-36-11-4-5-14-45(36)51(38)46/h1-3,5-10,12-33H,4,11H2. The van der Waals surface area contributed by atoms with E-state index in [4.69, 9.17) is 0 Å². The minimum atomic E-state index is 1.12. The molecule has 0 aliphatic heterocycles. The van der Waals surface area contributed by atoms with Crippen molar-refractivity contribution in [3.8, 4) is 22.3 Å². The van der Waals surface area contributed by atoms with Gasteiger partial charge in [0.05, 0.1) is 0 Å². The van der Waals surface area contributed by atoms with Crippen molar-refractivity contribution in [1.29, 1.82) is 0 Å². The molecule has 1 aromatic heterocycles. The molecule has 1 aliphatic rings. The summed E-state index contributed by atoms with van der Waals surface area (Å²) in [6, 6.07) is 65.1. The van der Waals surface area contributed by atoms with Crippen molar-refractivity contribution in [2.45, 2.75) is 12.8 Å². The Hall–Kier alpha value is -6.48. The second kappa shape index (κ2) is 12.6. The predicted octanol–water partition coefficient (Wildman–Crippen LogP) is 15.3. The second-order valence-electron chi connectivity index (χ2n) is 14.4. The molecule has 1 heterocycles. The zero-order valence-electron chi connectivity index (χ0n) is 29.7. The maximum Gasteiger partial charge on any atom is 0.0468 e. The van der Waals surface area contributed by atoms with Gasteiger partial charge in [0.15, 0.2) is 0 Å². The number of hydrogen-bond donors (Lipinski definition) is 0. The average Bonchev–Trinajstić information content (AvgIpc) is 3.63. The monoisotopic (exact) mass is 705 g/mol. The van der Waals surface area contributed by atoms with Crippen LogP contribution in [-0.2, 0) is 6.42 Å². The third-order valence-corrected chi connectivity index (χ3v) is 12.5. The van der Waals surface area contributed by atoms with Gasteiger partial charge in [-0.2, -0.15) is 0 Å². The van der Waals surface area contributed by atoms with Gasteiger partial charge in [0.1, 0.15) is 0 Å². The molecule has 0 saturated heterocycles. The van der Waals surface area contributed by atoms with Crippen molar-refractivity contribution in [2.24, 2.45) is 0 Å². The highest BCUT2D eigenvalue weighted by Gasteiger charge is 2.17. The molecule has 0 bridgehead atoms. The zero-order valence-corrected chi connectivity index (χ0v) is 30.5. The highest BCUT2D eigenvalue weighted by molar-refractivity contribution is 7.26. The molecule has 10 aromatic rings. The van der Waals surface area contributed by atoms with E-state index in [2.05, 4.69) is 193 Å². The van der Waals surface area contributed by atoms with Crippen molar-refractivity contribution in [3.05, 3.63) is 193 Å². The van der Waals surface area contributed by atoms with Crippen LogP contribution in [0.25, 0.3) is 80.8 Å². The van der Waals surface area contributed by atoms with Gasteiger partial charge in [0.25, 0.3) is 0 Å². The van der Waals surface area contributed by atoms with Crippen LogP contribution in [-0.4, -0.2) is 0 Å². The number of aryl methyl sites for hydroxylation is 1. The van der Waals surface area contributed by atoms with E-state index in [1.807, 2.05) is 11.3 Å². The lowest BCUT2D eigenvalue weighted by Crippen LogP contribution is -2.10. The van der Waals surface area contributed by atoms with Crippen molar-refractivity contribution >= 4 is 87.0 Å². The van der Waals surface area contributed by atoms with Gasteiger partial charge in [-0.1, -0.05) is 140 Å². The number of rotatable bonds is 5.